The Balaban J connectivity index is 1.86. The fourth-order valence-electron chi connectivity index (χ4n) is 2.21. The van der Waals surface area contributed by atoms with Crippen LogP contribution in [0.5, 0.6) is 0 Å². The van der Waals surface area contributed by atoms with Crippen molar-refractivity contribution in [2.24, 2.45) is 11.1 Å². The molecule has 0 radical (unpaired) electrons. The molecule has 1 aromatic carbocycles. The number of methoxy groups -OCH3 is 1. The molecule has 0 aliphatic heterocycles. The van der Waals surface area contributed by atoms with Gasteiger partial charge in [-0.15, -0.1) is 11.8 Å². The largest absolute Gasteiger partial charge is 0.469 e. The quantitative estimate of drug-likeness (QED) is 0.617. The molecule has 1 atom stereocenters. The molecule has 2 rings (SSSR count). The molecule has 1 aliphatic carbocycles. The fourth-order valence-corrected chi connectivity index (χ4v) is 3.40. The van der Waals surface area contributed by atoms with Crippen molar-refractivity contribution in [3.63, 3.8) is 0 Å². The van der Waals surface area contributed by atoms with Crippen molar-refractivity contribution < 1.29 is 9.53 Å². The summed E-state index contributed by atoms with van der Waals surface area (Å²) in [6.45, 7) is 2.09. The summed E-state index contributed by atoms with van der Waals surface area (Å²) in [7, 11) is 1.46. The minimum absolute atomic E-state index is 0.0904. The zero-order valence-corrected chi connectivity index (χ0v) is 13.0. The van der Waals surface area contributed by atoms with Gasteiger partial charge in [-0.3, -0.25) is 4.79 Å². The Kier molecular flexibility index (Phi) is 5.11. The van der Waals surface area contributed by atoms with Crippen LogP contribution in [0.1, 0.15) is 44.2 Å². The molecule has 2 N–H and O–H groups in total. The number of rotatable bonds is 7. The molecule has 3 nitrogen and oxygen atoms in total. The molecule has 0 unspecified atom stereocenters. The van der Waals surface area contributed by atoms with E-state index in [0.717, 1.165) is 25.0 Å². The number of nitrogens with two attached hydrogens (primary N) is 1. The Hall–Kier alpha value is -1.00. The highest BCUT2D eigenvalue weighted by molar-refractivity contribution is 7.99. The maximum atomic E-state index is 11.4. The highest BCUT2D eigenvalue weighted by Gasteiger charge is 2.44. The highest BCUT2D eigenvalue weighted by atomic mass is 32.2. The lowest BCUT2D eigenvalue weighted by Crippen LogP contribution is -2.13. The van der Waals surface area contributed by atoms with Gasteiger partial charge in [-0.05, 0) is 42.4 Å². The average molecular weight is 293 g/mol. The van der Waals surface area contributed by atoms with E-state index in [4.69, 9.17) is 10.5 Å². The predicted molar refractivity (Wildman–Crippen MR) is 82.7 cm³/mol. The topological polar surface area (TPSA) is 52.3 Å². The van der Waals surface area contributed by atoms with E-state index in [1.807, 2.05) is 11.8 Å². The Labute approximate surface area is 125 Å². The normalized spacial score (nSPS) is 17.6. The Morgan fingerprint density at radius 1 is 1.40 bits per heavy atom. The van der Waals surface area contributed by atoms with Gasteiger partial charge >= 0.3 is 5.97 Å². The van der Waals surface area contributed by atoms with E-state index in [1.165, 1.54) is 17.6 Å². The van der Waals surface area contributed by atoms with Crippen LogP contribution in [0, 0.1) is 5.41 Å². The Bertz CT molecular complexity index is 454. The van der Waals surface area contributed by atoms with E-state index in [9.17, 15) is 4.79 Å². The number of thioether (sulfide) groups is 1. The molecule has 4 heteroatoms. The number of benzene rings is 1. The molecule has 1 aliphatic rings. The second kappa shape index (κ2) is 6.64. The van der Waals surface area contributed by atoms with Crippen molar-refractivity contribution in [2.75, 3.05) is 12.9 Å². The van der Waals surface area contributed by atoms with Crippen LogP contribution in [0.4, 0.5) is 0 Å². The molecule has 0 aromatic heterocycles. The number of hydrogen-bond acceptors (Lipinski definition) is 4. The highest BCUT2D eigenvalue weighted by Crippen LogP contribution is 2.52. The number of carbonyl (C=O) groups is 1. The molecular formula is C16H23NO2S. The standard InChI is InChI=1S/C16H23NO2S/c1-3-14(17)12-4-6-13(7-5-12)20-11-16(8-9-16)10-15(18)19-2/h4-7,14H,3,8-11,17H2,1-2H3/t14-/m1/s1. The minimum atomic E-state index is -0.0904. The summed E-state index contributed by atoms with van der Waals surface area (Å²) < 4.78 is 4.77. The number of ether oxygens (including phenoxy) is 1. The lowest BCUT2D eigenvalue weighted by molar-refractivity contribution is -0.141. The molecule has 0 spiro atoms. The van der Waals surface area contributed by atoms with Crippen molar-refractivity contribution >= 4 is 17.7 Å². The van der Waals surface area contributed by atoms with Crippen LogP contribution in [0.2, 0.25) is 0 Å². The smallest absolute Gasteiger partial charge is 0.306 e. The van der Waals surface area contributed by atoms with Crippen LogP contribution in [-0.2, 0) is 9.53 Å². The van der Waals surface area contributed by atoms with Crippen LogP contribution in [-0.4, -0.2) is 18.8 Å². The first-order chi connectivity index (χ1) is 9.58. The molecular weight excluding hydrogens is 270 g/mol. The fraction of sp³-hybridized carbons (Fsp3) is 0.562. The average Bonchev–Trinajstić information content (AvgIpc) is 3.24. The zero-order chi connectivity index (χ0) is 14.6. The summed E-state index contributed by atoms with van der Waals surface area (Å²) in [6, 6.07) is 8.60. The number of esters is 1. The van der Waals surface area contributed by atoms with Crippen LogP contribution in [0.15, 0.2) is 29.2 Å². The molecule has 1 fully saturated rings. The molecule has 1 saturated carbocycles. The van der Waals surface area contributed by atoms with E-state index < -0.39 is 0 Å². The third kappa shape index (κ3) is 4.00. The van der Waals surface area contributed by atoms with Gasteiger partial charge in [-0.25, -0.2) is 0 Å². The van der Waals surface area contributed by atoms with Gasteiger partial charge in [-0.1, -0.05) is 19.1 Å². The van der Waals surface area contributed by atoms with Gasteiger partial charge in [0.15, 0.2) is 0 Å². The van der Waals surface area contributed by atoms with Gasteiger partial charge in [0, 0.05) is 16.7 Å². The number of carbonyl (C=O) groups excluding carboxylic acids is 1. The van der Waals surface area contributed by atoms with Crippen molar-refractivity contribution in [1.29, 1.82) is 0 Å². The van der Waals surface area contributed by atoms with Crippen LogP contribution >= 0.6 is 11.8 Å². The van der Waals surface area contributed by atoms with Crippen LogP contribution in [0.25, 0.3) is 0 Å². The first-order valence-electron chi connectivity index (χ1n) is 7.14. The van der Waals surface area contributed by atoms with E-state index in [1.54, 1.807) is 0 Å². The summed E-state index contributed by atoms with van der Waals surface area (Å²) in [5.41, 5.74) is 7.37. The van der Waals surface area contributed by atoms with Gasteiger partial charge in [-0.2, -0.15) is 0 Å². The van der Waals surface area contributed by atoms with Gasteiger partial charge in [0.2, 0.25) is 0 Å². The molecule has 20 heavy (non-hydrogen) atoms. The summed E-state index contributed by atoms with van der Waals surface area (Å²) in [5.74, 6) is 0.897. The second-order valence-electron chi connectivity index (χ2n) is 5.63. The minimum Gasteiger partial charge on any atom is -0.469 e. The number of hydrogen-bond donors (Lipinski definition) is 1. The third-order valence-electron chi connectivity index (χ3n) is 4.00. The third-order valence-corrected chi connectivity index (χ3v) is 5.36. The predicted octanol–water partition coefficient (Wildman–Crippen LogP) is 3.53. The Morgan fingerprint density at radius 3 is 2.55 bits per heavy atom. The first-order valence-corrected chi connectivity index (χ1v) is 8.12. The van der Waals surface area contributed by atoms with E-state index in [-0.39, 0.29) is 17.4 Å². The molecule has 0 saturated heterocycles. The van der Waals surface area contributed by atoms with Gasteiger partial charge < -0.3 is 10.5 Å². The van der Waals surface area contributed by atoms with Crippen molar-refractivity contribution in [2.45, 2.75) is 43.5 Å². The summed E-state index contributed by atoms with van der Waals surface area (Å²) >= 11 is 1.82. The van der Waals surface area contributed by atoms with E-state index in [2.05, 4.69) is 31.2 Å². The maximum Gasteiger partial charge on any atom is 0.306 e. The van der Waals surface area contributed by atoms with Crippen molar-refractivity contribution in [3.05, 3.63) is 29.8 Å². The summed E-state index contributed by atoms with van der Waals surface area (Å²) in [4.78, 5) is 12.6. The Morgan fingerprint density at radius 2 is 2.05 bits per heavy atom. The van der Waals surface area contributed by atoms with Crippen LogP contribution < -0.4 is 5.73 Å². The molecule has 0 amide bonds. The van der Waals surface area contributed by atoms with Gasteiger partial charge in [0.05, 0.1) is 13.5 Å². The van der Waals surface area contributed by atoms with Crippen LogP contribution in [0.3, 0.4) is 0 Å². The van der Waals surface area contributed by atoms with E-state index in [0.29, 0.717) is 6.42 Å². The molecule has 0 heterocycles. The lowest BCUT2D eigenvalue weighted by Gasteiger charge is -2.14. The van der Waals surface area contributed by atoms with Crippen molar-refractivity contribution in [1.82, 2.24) is 0 Å². The lowest BCUT2D eigenvalue weighted by atomic mass is 10.1. The molecule has 110 valence electrons. The molecule has 1 aromatic rings. The van der Waals surface area contributed by atoms with E-state index >= 15 is 0 Å². The van der Waals surface area contributed by atoms with Gasteiger partial charge in [0.25, 0.3) is 0 Å². The molecule has 0 bridgehead atoms. The second-order valence-corrected chi connectivity index (χ2v) is 6.67. The zero-order valence-electron chi connectivity index (χ0n) is 12.2. The first kappa shape index (κ1) is 15.4. The summed E-state index contributed by atoms with van der Waals surface area (Å²) in [5, 5.41) is 0. The SMILES string of the molecule is CC[C@@H](N)c1ccc(SCC2(CC(=O)OC)CC2)cc1. The van der Waals surface area contributed by atoms with Gasteiger partial charge in [0.1, 0.15) is 0 Å². The maximum absolute atomic E-state index is 11.4. The monoisotopic (exact) mass is 293 g/mol. The summed E-state index contributed by atoms with van der Waals surface area (Å²) in [6.07, 6.45) is 3.77. The van der Waals surface area contributed by atoms with Crippen molar-refractivity contribution in [3.8, 4) is 0 Å².